The molecule has 6 nitrogen and oxygen atoms in total. The number of methoxy groups -OCH3 is 1. The van der Waals surface area contributed by atoms with Gasteiger partial charge in [0.1, 0.15) is 5.75 Å². The number of amidine groups is 1. The van der Waals surface area contributed by atoms with Crippen molar-refractivity contribution in [1.29, 1.82) is 0 Å². The van der Waals surface area contributed by atoms with Crippen molar-refractivity contribution in [1.82, 2.24) is 14.5 Å². The lowest BCUT2D eigenvalue weighted by Crippen LogP contribution is -2.37. The van der Waals surface area contributed by atoms with Crippen molar-refractivity contribution < 1.29 is 22.7 Å². The van der Waals surface area contributed by atoms with Crippen molar-refractivity contribution in [3.05, 3.63) is 82.7 Å². The molecule has 3 aromatic rings. The van der Waals surface area contributed by atoms with E-state index >= 15 is 0 Å². The molecule has 2 aliphatic heterocycles. The molecule has 1 aromatic heterocycles. The summed E-state index contributed by atoms with van der Waals surface area (Å²) in [6.07, 6.45) is 7.29. The van der Waals surface area contributed by atoms with Crippen molar-refractivity contribution in [2.45, 2.75) is 32.3 Å². The van der Waals surface area contributed by atoms with E-state index in [4.69, 9.17) is 9.57 Å². The lowest BCUT2D eigenvalue weighted by molar-refractivity contribution is 0.0570. The quantitative estimate of drug-likeness (QED) is 0.457. The predicted octanol–water partition coefficient (Wildman–Crippen LogP) is 5.56. The average Bonchev–Trinajstić information content (AvgIpc) is 3.16. The van der Waals surface area contributed by atoms with Crippen molar-refractivity contribution >= 4 is 11.9 Å². The molecule has 1 saturated heterocycles. The highest BCUT2D eigenvalue weighted by molar-refractivity contribution is 6.02. The molecule has 1 atom stereocenters. The summed E-state index contributed by atoms with van der Waals surface area (Å²) < 4.78 is 48.4. The molecule has 0 radical (unpaired) electrons. The number of hydrogen-bond acceptors (Lipinski definition) is 5. The zero-order chi connectivity index (χ0) is 24.5. The monoisotopic (exact) mass is 482 g/mol. The molecule has 35 heavy (non-hydrogen) atoms. The van der Waals surface area contributed by atoms with Gasteiger partial charge in [0.15, 0.2) is 29.4 Å². The van der Waals surface area contributed by atoms with Gasteiger partial charge < -0.3 is 19.0 Å². The highest BCUT2D eigenvalue weighted by atomic mass is 19.2. The van der Waals surface area contributed by atoms with E-state index in [1.165, 1.54) is 0 Å². The molecule has 1 fully saturated rings. The number of rotatable bonds is 4. The van der Waals surface area contributed by atoms with E-state index in [-0.39, 0.29) is 5.56 Å². The molecular weight excluding hydrogens is 457 g/mol. The largest absolute Gasteiger partial charge is 0.495 e. The van der Waals surface area contributed by atoms with Gasteiger partial charge in [-0.3, -0.25) is 0 Å². The van der Waals surface area contributed by atoms with Gasteiger partial charge in [-0.2, -0.15) is 0 Å². The van der Waals surface area contributed by atoms with Crippen molar-refractivity contribution in [2.75, 3.05) is 20.2 Å². The number of piperidine rings is 1. The van der Waals surface area contributed by atoms with Crippen LogP contribution in [0.4, 0.5) is 13.2 Å². The SMILES string of the molecule is COc1cc(/C=C2\CCCN3CC[C@H](c4cc(F)c(F)c(F)c4)ON=C23)ccc1-n1cnc(C)c1. The smallest absolute Gasteiger partial charge is 0.194 e. The first kappa shape index (κ1) is 23.0. The molecule has 0 saturated carbocycles. The number of fused-ring (bicyclic) bond motifs is 1. The van der Waals surface area contributed by atoms with Crippen LogP contribution in [0.1, 0.15) is 42.2 Å². The summed E-state index contributed by atoms with van der Waals surface area (Å²) in [5.41, 5.74) is 3.98. The summed E-state index contributed by atoms with van der Waals surface area (Å²) >= 11 is 0. The zero-order valence-corrected chi connectivity index (χ0v) is 19.5. The van der Waals surface area contributed by atoms with Gasteiger partial charge in [-0.1, -0.05) is 11.2 Å². The molecule has 0 aliphatic carbocycles. The number of oxime groups is 1. The number of aromatic nitrogens is 2. The van der Waals surface area contributed by atoms with Crippen LogP contribution in [0.25, 0.3) is 11.8 Å². The van der Waals surface area contributed by atoms with Gasteiger partial charge in [0, 0.05) is 31.3 Å². The van der Waals surface area contributed by atoms with E-state index in [1.807, 2.05) is 35.9 Å². The van der Waals surface area contributed by atoms with Crippen molar-refractivity contribution in [2.24, 2.45) is 5.16 Å². The average molecular weight is 483 g/mol. The maximum absolute atomic E-state index is 13.8. The standard InChI is InChI=1S/C26H25F3N4O2/c1-16-14-33(15-30-16)22-6-5-17(11-24(22)34-2)10-18-4-3-8-32-9-7-23(35-31-26(18)32)19-12-20(27)25(29)21(28)13-19/h5-6,10-15,23H,3-4,7-9H2,1-2H3/b18-10+/t23-/m1/s1. The first-order valence-corrected chi connectivity index (χ1v) is 11.5. The number of halogens is 3. The van der Waals surface area contributed by atoms with Crippen LogP contribution in [0.5, 0.6) is 5.75 Å². The summed E-state index contributed by atoms with van der Waals surface area (Å²) in [7, 11) is 1.63. The maximum atomic E-state index is 13.8. The van der Waals surface area contributed by atoms with Crippen LogP contribution >= 0.6 is 0 Å². The summed E-state index contributed by atoms with van der Waals surface area (Å²) in [6, 6.07) is 7.89. The van der Waals surface area contributed by atoms with Crippen LogP contribution in [0.3, 0.4) is 0 Å². The highest BCUT2D eigenvalue weighted by Gasteiger charge is 2.28. The third-order valence-corrected chi connectivity index (χ3v) is 6.30. The second-order valence-electron chi connectivity index (χ2n) is 8.71. The van der Waals surface area contributed by atoms with E-state index in [0.29, 0.717) is 24.6 Å². The van der Waals surface area contributed by atoms with Crippen LogP contribution in [0.2, 0.25) is 0 Å². The fourth-order valence-corrected chi connectivity index (χ4v) is 4.53. The number of nitrogens with zero attached hydrogens (tertiary/aromatic N) is 4. The van der Waals surface area contributed by atoms with Crippen molar-refractivity contribution in [3.63, 3.8) is 0 Å². The maximum Gasteiger partial charge on any atom is 0.194 e. The molecule has 9 heteroatoms. The van der Waals surface area contributed by atoms with E-state index in [9.17, 15) is 13.2 Å². The fourth-order valence-electron chi connectivity index (χ4n) is 4.53. The number of benzene rings is 2. The highest BCUT2D eigenvalue weighted by Crippen LogP contribution is 2.32. The van der Waals surface area contributed by atoms with Gasteiger partial charge in [0.25, 0.3) is 0 Å². The minimum absolute atomic E-state index is 0.228. The van der Waals surface area contributed by atoms with Gasteiger partial charge in [-0.15, -0.1) is 0 Å². The second-order valence-corrected chi connectivity index (χ2v) is 8.71. The molecule has 0 N–H and O–H groups in total. The summed E-state index contributed by atoms with van der Waals surface area (Å²) in [4.78, 5) is 12.1. The topological polar surface area (TPSA) is 51.9 Å². The molecule has 0 amide bonds. The number of hydrogen-bond donors (Lipinski definition) is 0. The third-order valence-electron chi connectivity index (χ3n) is 6.30. The molecule has 2 aliphatic rings. The van der Waals surface area contributed by atoms with Gasteiger partial charge in [0.05, 0.1) is 24.8 Å². The predicted molar refractivity (Wildman–Crippen MR) is 126 cm³/mol. The first-order chi connectivity index (χ1) is 16.9. The van der Waals surface area contributed by atoms with Gasteiger partial charge in [-0.05, 0) is 61.2 Å². The van der Waals surface area contributed by atoms with Crippen LogP contribution in [0.15, 0.2) is 53.6 Å². The Kier molecular flexibility index (Phi) is 6.23. The van der Waals surface area contributed by atoms with E-state index < -0.39 is 23.6 Å². The molecular formula is C26H25F3N4O2. The van der Waals surface area contributed by atoms with E-state index in [1.54, 1.807) is 13.4 Å². The Bertz CT molecular complexity index is 1290. The minimum atomic E-state index is -1.49. The molecule has 3 heterocycles. The molecule has 182 valence electrons. The number of ether oxygens (including phenoxy) is 1. The van der Waals surface area contributed by atoms with E-state index in [2.05, 4.69) is 21.1 Å². The number of aryl methyl sites for hydroxylation is 1. The van der Waals surface area contributed by atoms with Gasteiger partial charge in [0.2, 0.25) is 0 Å². The van der Waals surface area contributed by atoms with Crippen LogP contribution in [-0.2, 0) is 4.84 Å². The van der Waals surface area contributed by atoms with Gasteiger partial charge >= 0.3 is 0 Å². The molecule has 0 bridgehead atoms. The Labute approximate surface area is 201 Å². The van der Waals surface area contributed by atoms with Crippen LogP contribution in [0, 0.1) is 24.4 Å². The molecule has 5 rings (SSSR count). The fraction of sp³-hybridized carbons (Fsp3) is 0.308. The zero-order valence-electron chi connectivity index (χ0n) is 19.5. The van der Waals surface area contributed by atoms with E-state index in [0.717, 1.165) is 54.0 Å². The Balaban J connectivity index is 1.43. The Morgan fingerprint density at radius 3 is 2.63 bits per heavy atom. The summed E-state index contributed by atoms with van der Waals surface area (Å²) in [5.74, 6) is -2.54. The Morgan fingerprint density at radius 2 is 1.91 bits per heavy atom. The normalized spacial score (nSPS) is 19.1. The lowest BCUT2D eigenvalue weighted by atomic mass is 9.99. The summed E-state index contributed by atoms with van der Waals surface area (Å²) in [5, 5.41) is 4.36. The van der Waals surface area contributed by atoms with Crippen LogP contribution in [-0.4, -0.2) is 40.5 Å². The number of imidazole rings is 1. The van der Waals surface area contributed by atoms with Crippen molar-refractivity contribution in [3.8, 4) is 11.4 Å². The van der Waals surface area contributed by atoms with Gasteiger partial charge in [-0.25, -0.2) is 18.2 Å². The first-order valence-electron chi connectivity index (χ1n) is 11.5. The molecule has 2 aromatic carbocycles. The lowest BCUT2D eigenvalue weighted by Gasteiger charge is -2.29. The molecule has 0 spiro atoms. The second kappa shape index (κ2) is 9.48. The Morgan fingerprint density at radius 1 is 1.11 bits per heavy atom. The Hall–Kier alpha value is -3.75. The van der Waals surface area contributed by atoms with Crippen LogP contribution < -0.4 is 4.74 Å². The third kappa shape index (κ3) is 4.62. The minimum Gasteiger partial charge on any atom is -0.495 e. The summed E-state index contributed by atoms with van der Waals surface area (Å²) in [6.45, 7) is 3.34. The molecule has 0 unspecified atom stereocenters.